The Hall–Kier alpha value is -1.65. The van der Waals surface area contributed by atoms with Crippen LogP contribution in [0.2, 0.25) is 0 Å². The summed E-state index contributed by atoms with van der Waals surface area (Å²) in [4.78, 5) is 12.9. The number of amides is 2. The third kappa shape index (κ3) is 2.29. The van der Waals surface area contributed by atoms with Gasteiger partial charge in [-0.25, -0.2) is 13.6 Å². The Balaban J connectivity index is 2.10. The van der Waals surface area contributed by atoms with E-state index in [0.29, 0.717) is 18.7 Å². The van der Waals surface area contributed by atoms with E-state index in [9.17, 15) is 13.6 Å². The molecule has 0 aliphatic carbocycles. The first-order valence-electron chi connectivity index (χ1n) is 5.13. The molecule has 1 aromatic rings. The van der Waals surface area contributed by atoms with Gasteiger partial charge in [0.25, 0.3) is 0 Å². The van der Waals surface area contributed by atoms with Crippen LogP contribution in [0, 0.1) is 11.6 Å². The van der Waals surface area contributed by atoms with E-state index in [2.05, 4.69) is 5.32 Å². The number of nitrogens with one attached hydrogen (secondary N) is 1. The molecule has 1 saturated heterocycles. The molecule has 1 fully saturated rings. The summed E-state index contributed by atoms with van der Waals surface area (Å²) in [6, 6.07) is 3.19. The molecule has 5 heteroatoms. The van der Waals surface area contributed by atoms with Crippen LogP contribution in [0.15, 0.2) is 18.2 Å². The lowest BCUT2D eigenvalue weighted by atomic mass is 10.2. The van der Waals surface area contributed by atoms with Gasteiger partial charge in [0, 0.05) is 24.7 Å². The molecule has 1 aromatic carbocycles. The number of carbonyl (C=O) groups excluding carboxylic acids is 1. The Kier molecular flexibility index (Phi) is 3.03. The first-order chi connectivity index (χ1) is 7.66. The fourth-order valence-corrected chi connectivity index (χ4v) is 1.68. The maximum absolute atomic E-state index is 13.3. The van der Waals surface area contributed by atoms with Crippen molar-refractivity contribution in [3.8, 4) is 0 Å². The highest BCUT2D eigenvalue weighted by molar-refractivity contribution is 5.74. The predicted octanol–water partition coefficient (Wildman–Crippen LogP) is 1.88. The van der Waals surface area contributed by atoms with E-state index < -0.39 is 11.6 Å². The molecule has 16 heavy (non-hydrogen) atoms. The molecule has 1 aliphatic rings. The van der Waals surface area contributed by atoms with Crippen molar-refractivity contribution in [2.24, 2.45) is 0 Å². The Morgan fingerprint density at radius 3 is 2.88 bits per heavy atom. The van der Waals surface area contributed by atoms with Gasteiger partial charge in [-0.3, -0.25) is 0 Å². The predicted molar refractivity (Wildman–Crippen MR) is 54.8 cm³/mol. The zero-order chi connectivity index (χ0) is 11.5. The number of carbonyl (C=O) groups is 1. The van der Waals surface area contributed by atoms with Crippen molar-refractivity contribution >= 4 is 6.03 Å². The van der Waals surface area contributed by atoms with Gasteiger partial charge in [-0.1, -0.05) is 6.07 Å². The van der Waals surface area contributed by atoms with E-state index in [1.165, 1.54) is 17.0 Å². The summed E-state index contributed by atoms with van der Waals surface area (Å²) in [6.45, 7) is 1.43. The Labute approximate surface area is 92.1 Å². The second-order valence-corrected chi connectivity index (χ2v) is 3.74. The van der Waals surface area contributed by atoms with Crippen LogP contribution in [0.4, 0.5) is 13.6 Å². The third-order valence-corrected chi connectivity index (χ3v) is 2.54. The van der Waals surface area contributed by atoms with Crippen molar-refractivity contribution in [2.45, 2.75) is 13.0 Å². The summed E-state index contributed by atoms with van der Waals surface area (Å²) < 4.78 is 26.0. The van der Waals surface area contributed by atoms with Gasteiger partial charge in [-0.15, -0.1) is 0 Å². The van der Waals surface area contributed by atoms with Crippen LogP contribution in [-0.4, -0.2) is 24.0 Å². The number of urea groups is 1. The van der Waals surface area contributed by atoms with Gasteiger partial charge in [0.05, 0.1) is 6.54 Å². The molecule has 2 amide bonds. The number of benzene rings is 1. The standard InChI is InChI=1S/C11H12F2N2O/c12-9-3-2-8(10(13)6-9)7-15-5-1-4-14-11(15)16/h2-3,6H,1,4-5,7H2,(H,14,16). The van der Waals surface area contributed by atoms with E-state index >= 15 is 0 Å². The molecule has 1 heterocycles. The van der Waals surface area contributed by atoms with Gasteiger partial charge in [0.2, 0.25) is 0 Å². The van der Waals surface area contributed by atoms with Crippen LogP contribution >= 0.6 is 0 Å². The van der Waals surface area contributed by atoms with E-state index in [-0.39, 0.29) is 12.6 Å². The first-order valence-corrected chi connectivity index (χ1v) is 5.13. The van der Waals surface area contributed by atoms with Crippen molar-refractivity contribution < 1.29 is 13.6 Å². The topological polar surface area (TPSA) is 32.3 Å². The highest BCUT2D eigenvalue weighted by Gasteiger charge is 2.18. The Morgan fingerprint density at radius 1 is 1.38 bits per heavy atom. The summed E-state index contributed by atoms with van der Waals surface area (Å²) in [5.74, 6) is -1.22. The van der Waals surface area contributed by atoms with Gasteiger partial charge in [0.15, 0.2) is 0 Å². The lowest BCUT2D eigenvalue weighted by Crippen LogP contribution is -2.45. The summed E-state index contributed by atoms with van der Waals surface area (Å²) in [5.41, 5.74) is 0.332. The highest BCUT2D eigenvalue weighted by Crippen LogP contribution is 2.13. The fourth-order valence-electron chi connectivity index (χ4n) is 1.68. The van der Waals surface area contributed by atoms with Gasteiger partial charge in [0.1, 0.15) is 11.6 Å². The van der Waals surface area contributed by atoms with Crippen LogP contribution in [0.1, 0.15) is 12.0 Å². The molecule has 0 saturated carbocycles. The van der Waals surface area contributed by atoms with E-state index in [1.54, 1.807) is 0 Å². The number of halogens is 2. The molecule has 0 spiro atoms. The summed E-state index contributed by atoms with van der Waals surface area (Å²) >= 11 is 0. The number of hydrogen-bond acceptors (Lipinski definition) is 1. The molecular weight excluding hydrogens is 214 g/mol. The largest absolute Gasteiger partial charge is 0.338 e. The number of nitrogens with zero attached hydrogens (tertiary/aromatic N) is 1. The fraction of sp³-hybridized carbons (Fsp3) is 0.364. The van der Waals surface area contributed by atoms with Crippen molar-refractivity contribution in [3.63, 3.8) is 0 Å². The molecule has 2 rings (SSSR count). The number of rotatable bonds is 2. The summed E-state index contributed by atoms with van der Waals surface area (Å²) in [6.07, 6.45) is 0.842. The van der Waals surface area contributed by atoms with E-state index in [0.717, 1.165) is 12.5 Å². The van der Waals surface area contributed by atoms with Crippen molar-refractivity contribution in [3.05, 3.63) is 35.4 Å². The summed E-state index contributed by atoms with van der Waals surface area (Å²) in [7, 11) is 0. The second-order valence-electron chi connectivity index (χ2n) is 3.74. The lowest BCUT2D eigenvalue weighted by molar-refractivity contribution is 0.182. The molecule has 0 atom stereocenters. The molecule has 0 bridgehead atoms. The van der Waals surface area contributed by atoms with Crippen LogP contribution in [0.25, 0.3) is 0 Å². The number of hydrogen-bond donors (Lipinski definition) is 1. The molecule has 0 unspecified atom stereocenters. The zero-order valence-corrected chi connectivity index (χ0v) is 8.67. The SMILES string of the molecule is O=C1NCCCN1Cc1ccc(F)cc1F. The van der Waals surface area contributed by atoms with Crippen molar-refractivity contribution in [2.75, 3.05) is 13.1 Å². The minimum atomic E-state index is -0.613. The molecular formula is C11H12F2N2O. The van der Waals surface area contributed by atoms with Crippen molar-refractivity contribution in [1.29, 1.82) is 0 Å². The van der Waals surface area contributed by atoms with Crippen LogP contribution < -0.4 is 5.32 Å². The normalized spacial score (nSPS) is 16.1. The monoisotopic (exact) mass is 226 g/mol. The Morgan fingerprint density at radius 2 is 2.19 bits per heavy atom. The molecule has 1 N–H and O–H groups in total. The van der Waals surface area contributed by atoms with Gasteiger partial charge in [-0.2, -0.15) is 0 Å². The molecule has 3 nitrogen and oxygen atoms in total. The zero-order valence-electron chi connectivity index (χ0n) is 8.67. The third-order valence-electron chi connectivity index (χ3n) is 2.54. The van der Waals surface area contributed by atoms with Crippen LogP contribution in [-0.2, 0) is 6.54 Å². The van der Waals surface area contributed by atoms with Crippen LogP contribution in [0.5, 0.6) is 0 Å². The van der Waals surface area contributed by atoms with E-state index in [1.807, 2.05) is 0 Å². The van der Waals surface area contributed by atoms with E-state index in [4.69, 9.17) is 0 Å². The summed E-state index contributed by atoms with van der Waals surface area (Å²) in [5, 5.41) is 2.67. The molecule has 0 radical (unpaired) electrons. The average Bonchev–Trinajstić information content (AvgIpc) is 2.25. The minimum absolute atomic E-state index is 0.179. The highest BCUT2D eigenvalue weighted by atomic mass is 19.1. The second kappa shape index (κ2) is 4.47. The van der Waals surface area contributed by atoms with Crippen molar-refractivity contribution in [1.82, 2.24) is 10.2 Å². The lowest BCUT2D eigenvalue weighted by Gasteiger charge is -2.27. The minimum Gasteiger partial charge on any atom is -0.338 e. The first kappa shape index (κ1) is 10.9. The molecule has 86 valence electrons. The smallest absolute Gasteiger partial charge is 0.317 e. The van der Waals surface area contributed by atoms with Gasteiger partial charge < -0.3 is 10.2 Å². The quantitative estimate of drug-likeness (QED) is 0.820. The molecule has 0 aromatic heterocycles. The van der Waals surface area contributed by atoms with Gasteiger partial charge >= 0.3 is 6.03 Å². The maximum Gasteiger partial charge on any atom is 0.317 e. The molecule has 1 aliphatic heterocycles. The average molecular weight is 226 g/mol. The van der Waals surface area contributed by atoms with Gasteiger partial charge in [-0.05, 0) is 12.5 Å². The Bertz CT molecular complexity index is 409. The van der Waals surface area contributed by atoms with Crippen LogP contribution in [0.3, 0.4) is 0 Å². The maximum atomic E-state index is 13.3.